The smallest absolute Gasteiger partial charge is 0.252 e. The summed E-state index contributed by atoms with van der Waals surface area (Å²) < 4.78 is 5.22. The molecule has 0 atom stereocenters. The van der Waals surface area contributed by atoms with Crippen molar-refractivity contribution in [1.29, 1.82) is 0 Å². The molecule has 0 fully saturated rings. The number of unbranched alkanes of at least 4 members (excludes halogenated alkanes) is 3. The number of hydrogen-bond donors (Lipinski definition) is 1. The molecular weight excluding hydrogens is 336 g/mol. The lowest BCUT2D eigenvalue weighted by atomic mass is 10.0. The maximum absolute atomic E-state index is 12.8. The molecule has 0 saturated heterocycles. The summed E-state index contributed by atoms with van der Waals surface area (Å²) in [5.41, 5.74) is 3.23. The van der Waals surface area contributed by atoms with Crippen LogP contribution in [0.15, 0.2) is 54.6 Å². The average molecular weight is 362 g/mol. The molecule has 2 aromatic carbocycles. The Morgan fingerprint density at radius 1 is 1.04 bits per heavy atom. The van der Waals surface area contributed by atoms with Gasteiger partial charge in [0.2, 0.25) is 0 Å². The molecule has 0 saturated carbocycles. The summed E-state index contributed by atoms with van der Waals surface area (Å²) >= 11 is 0. The molecule has 0 aliphatic heterocycles. The van der Waals surface area contributed by atoms with Crippen LogP contribution in [0.5, 0.6) is 5.75 Å². The largest absolute Gasteiger partial charge is 0.497 e. The Hall–Kier alpha value is -2.88. The molecule has 27 heavy (non-hydrogen) atoms. The lowest BCUT2D eigenvalue weighted by Crippen LogP contribution is -2.24. The molecule has 1 amide bonds. The van der Waals surface area contributed by atoms with Gasteiger partial charge in [-0.15, -0.1) is 0 Å². The van der Waals surface area contributed by atoms with Crippen molar-refractivity contribution in [3.8, 4) is 17.0 Å². The summed E-state index contributed by atoms with van der Waals surface area (Å²) in [6, 6.07) is 17.4. The van der Waals surface area contributed by atoms with Gasteiger partial charge >= 0.3 is 0 Å². The number of amides is 1. The van der Waals surface area contributed by atoms with Gasteiger partial charge in [-0.25, -0.2) is 4.98 Å². The van der Waals surface area contributed by atoms with Crippen LogP contribution in [-0.2, 0) is 0 Å². The zero-order valence-electron chi connectivity index (χ0n) is 16.0. The van der Waals surface area contributed by atoms with Gasteiger partial charge in [0.15, 0.2) is 0 Å². The number of carbonyl (C=O) groups is 1. The third kappa shape index (κ3) is 4.64. The van der Waals surface area contributed by atoms with E-state index in [0.717, 1.165) is 40.8 Å². The van der Waals surface area contributed by atoms with Gasteiger partial charge in [-0.05, 0) is 42.8 Å². The molecule has 1 aromatic heterocycles. The van der Waals surface area contributed by atoms with Gasteiger partial charge in [0.25, 0.3) is 5.91 Å². The minimum Gasteiger partial charge on any atom is -0.497 e. The minimum absolute atomic E-state index is 0.0418. The third-order valence-electron chi connectivity index (χ3n) is 4.66. The highest BCUT2D eigenvalue weighted by Gasteiger charge is 2.13. The monoisotopic (exact) mass is 362 g/mol. The van der Waals surface area contributed by atoms with E-state index >= 15 is 0 Å². The van der Waals surface area contributed by atoms with Crippen LogP contribution in [-0.4, -0.2) is 24.5 Å². The first-order valence-electron chi connectivity index (χ1n) is 9.55. The van der Waals surface area contributed by atoms with Crippen molar-refractivity contribution in [2.45, 2.75) is 32.6 Å². The highest BCUT2D eigenvalue weighted by atomic mass is 16.5. The predicted molar refractivity (Wildman–Crippen MR) is 110 cm³/mol. The average Bonchev–Trinajstić information content (AvgIpc) is 2.72. The standard InChI is InChI=1S/C23H26N2O2/c1-3-4-5-8-15-24-23(26)20-16-22(17-11-13-18(27-2)14-12-17)25-21-10-7-6-9-19(20)21/h6-7,9-14,16H,3-5,8,15H2,1-2H3,(H,24,26). The second kappa shape index (κ2) is 9.17. The number of rotatable bonds is 8. The van der Waals surface area contributed by atoms with E-state index < -0.39 is 0 Å². The van der Waals surface area contributed by atoms with Gasteiger partial charge < -0.3 is 10.1 Å². The maximum atomic E-state index is 12.8. The van der Waals surface area contributed by atoms with E-state index in [1.54, 1.807) is 7.11 Å². The number of fused-ring (bicyclic) bond motifs is 1. The summed E-state index contributed by atoms with van der Waals surface area (Å²) in [4.78, 5) is 17.6. The second-order valence-electron chi connectivity index (χ2n) is 6.62. The van der Waals surface area contributed by atoms with Crippen molar-refractivity contribution in [1.82, 2.24) is 10.3 Å². The number of aromatic nitrogens is 1. The SMILES string of the molecule is CCCCCCNC(=O)c1cc(-c2ccc(OC)cc2)nc2ccccc12. The van der Waals surface area contributed by atoms with Crippen molar-refractivity contribution in [2.75, 3.05) is 13.7 Å². The summed E-state index contributed by atoms with van der Waals surface area (Å²) in [7, 11) is 1.65. The van der Waals surface area contributed by atoms with Crippen molar-refractivity contribution >= 4 is 16.8 Å². The van der Waals surface area contributed by atoms with E-state index in [1.165, 1.54) is 12.8 Å². The van der Waals surface area contributed by atoms with E-state index in [9.17, 15) is 4.79 Å². The molecule has 4 heteroatoms. The van der Waals surface area contributed by atoms with Crippen molar-refractivity contribution in [3.05, 3.63) is 60.2 Å². The van der Waals surface area contributed by atoms with Crippen LogP contribution in [0, 0.1) is 0 Å². The summed E-state index contributed by atoms with van der Waals surface area (Å²) in [5.74, 6) is 0.754. The first-order valence-corrected chi connectivity index (χ1v) is 9.55. The number of para-hydroxylation sites is 1. The fourth-order valence-corrected chi connectivity index (χ4v) is 3.12. The van der Waals surface area contributed by atoms with E-state index in [1.807, 2.05) is 54.6 Å². The molecule has 0 radical (unpaired) electrons. The number of nitrogens with one attached hydrogen (secondary N) is 1. The topological polar surface area (TPSA) is 51.2 Å². The van der Waals surface area contributed by atoms with Crippen molar-refractivity contribution in [3.63, 3.8) is 0 Å². The number of methoxy groups -OCH3 is 1. The molecule has 1 heterocycles. The molecule has 0 bridgehead atoms. The van der Waals surface area contributed by atoms with Crippen LogP contribution in [0.3, 0.4) is 0 Å². The van der Waals surface area contributed by atoms with Gasteiger partial charge in [0.05, 0.1) is 23.9 Å². The highest BCUT2D eigenvalue weighted by Crippen LogP contribution is 2.26. The molecule has 1 N–H and O–H groups in total. The maximum Gasteiger partial charge on any atom is 0.252 e. The Labute approximate surface area is 160 Å². The Balaban J connectivity index is 1.89. The summed E-state index contributed by atoms with van der Waals surface area (Å²) in [5, 5.41) is 3.94. The van der Waals surface area contributed by atoms with Gasteiger partial charge in [-0.3, -0.25) is 4.79 Å². The molecule has 0 aliphatic rings. The predicted octanol–water partition coefficient (Wildman–Crippen LogP) is 5.22. The van der Waals surface area contributed by atoms with E-state index in [2.05, 4.69) is 12.2 Å². The second-order valence-corrected chi connectivity index (χ2v) is 6.62. The van der Waals surface area contributed by atoms with Gasteiger partial charge in [-0.1, -0.05) is 44.4 Å². The van der Waals surface area contributed by atoms with Gasteiger partial charge in [-0.2, -0.15) is 0 Å². The molecule has 3 rings (SSSR count). The van der Waals surface area contributed by atoms with Crippen LogP contribution in [0.2, 0.25) is 0 Å². The Morgan fingerprint density at radius 3 is 2.56 bits per heavy atom. The summed E-state index contributed by atoms with van der Waals surface area (Å²) in [6.45, 7) is 2.88. The first kappa shape index (κ1) is 18.9. The number of benzene rings is 2. The lowest BCUT2D eigenvalue weighted by Gasteiger charge is -2.11. The highest BCUT2D eigenvalue weighted by molar-refractivity contribution is 6.07. The fourth-order valence-electron chi connectivity index (χ4n) is 3.12. The Bertz CT molecular complexity index is 904. The van der Waals surface area contributed by atoms with Crippen LogP contribution in [0.4, 0.5) is 0 Å². The zero-order valence-corrected chi connectivity index (χ0v) is 16.0. The quantitative estimate of drug-likeness (QED) is 0.559. The zero-order chi connectivity index (χ0) is 19.1. The number of ether oxygens (including phenoxy) is 1. The number of pyridine rings is 1. The molecule has 3 aromatic rings. The lowest BCUT2D eigenvalue weighted by molar-refractivity contribution is 0.0954. The molecule has 0 aliphatic carbocycles. The minimum atomic E-state index is -0.0418. The Kier molecular flexibility index (Phi) is 6.42. The van der Waals surface area contributed by atoms with Gasteiger partial charge in [0.1, 0.15) is 5.75 Å². The molecule has 4 nitrogen and oxygen atoms in total. The third-order valence-corrected chi connectivity index (χ3v) is 4.66. The Morgan fingerprint density at radius 2 is 1.81 bits per heavy atom. The van der Waals surface area contributed by atoms with E-state index in [-0.39, 0.29) is 5.91 Å². The van der Waals surface area contributed by atoms with Crippen LogP contribution >= 0.6 is 0 Å². The number of nitrogens with zero attached hydrogens (tertiary/aromatic N) is 1. The van der Waals surface area contributed by atoms with Crippen LogP contribution < -0.4 is 10.1 Å². The molecule has 140 valence electrons. The number of carbonyl (C=O) groups excluding carboxylic acids is 1. The normalized spacial score (nSPS) is 10.7. The van der Waals surface area contributed by atoms with Crippen molar-refractivity contribution in [2.24, 2.45) is 0 Å². The van der Waals surface area contributed by atoms with Crippen molar-refractivity contribution < 1.29 is 9.53 Å². The first-order chi connectivity index (χ1) is 13.2. The van der Waals surface area contributed by atoms with E-state index in [4.69, 9.17) is 9.72 Å². The molecular formula is C23H26N2O2. The fraction of sp³-hybridized carbons (Fsp3) is 0.304. The van der Waals surface area contributed by atoms with Crippen LogP contribution in [0.1, 0.15) is 43.0 Å². The number of hydrogen-bond acceptors (Lipinski definition) is 3. The molecule has 0 unspecified atom stereocenters. The van der Waals surface area contributed by atoms with E-state index in [0.29, 0.717) is 12.1 Å². The van der Waals surface area contributed by atoms with Crippen LogP contribution in [0.25, 0.3) is 22.2 Å². The molecule has 0 spiro atoms. The summed E-state index contributed by atoms with van der Waals surface area (Å²) in [6.07, 6.45) is 4.54. The van der Waals surface area contributed by atoms with Gasteiger partial charge in [0, 0.05) is 17.5 Å².